The monoisotopic (exact) mass is 383 g/mol. The van der Waals surface area contributed by atoms with Crippen LogP contribution >= 0.6 is 0 Å². The van der Waals surface area contributed by atoms with E-state index in [1.165, 1.54) is 6.42 Å². The molecule has 0 spiro atoms. The maximum Gasteiger partial charge on any atom is 0.338 e. The van der Waals surface area contributed by atoms with E-state index in [0.29, 0.717) is 5.56 Å². The molecular formula is C22H29N3O3. The molecule has 1 heterocycles. The molecule has 0 unspecified atom stereocenters. The number of likely N-dealkylation sites (N-methyl/N-ethyl adjacent to an activating group) is 1. The van der Waals surface area contributed by atoms with Gasteiger partial charge in [0, 0.05) is 18.8 Å². The van der Waals surface area contributed by atoms with Crippen LogP contribution in [-0.2, 0) is 9.53 Å². The number of rotatable bonds is 5. The molecule has 1 aromatic heterocycles. The van der Waals surface area contributed by atoms with Gasteiger partial charge in [-0.2, -0.15) is 5.10 Å². The normalized spacial score (nSPS) is 15.9. The van der Waals surface area contributed by atoms with E-state index in [0.717, 1.165) is 42.8 Å². The van der Waals surface area contributed by atoms with E-state index in [-0.39, 0.29) is 11.9 Å². The van der Waals surface area contributed by atoms with Crippen LogP contribution in [0.1, 0.15) is 60.8 Å². The Balaban J connectivity index is 1.62. The van der Waals surface area contributed by atoms with Crippen LogP contribution in [0, 0.1) is 13.8 Å². The van der Waals surface area contributed by atoms with E-state index in [1.54, 1.807) is 24.0 Å². The van der Waals surface area contributed by atoms with Gasteiger partial charge < -0.3 is 9.64 Å². The Morgan fingerprint density at radius 1 is 1.14 bits per heavy atom. The highest BCUT2D eigenvalue weighted by atomic mass is 16.5. The molecule has 1 saturated carbocycles. The number of hydrogen-bond acceptors (Lipinski definition) is 4. The molecule has 1 amide bonds. The van der Waals surface area contributed by atoms with Gasteiger partial charge in [0.15, 0.2) is 6.10 Å². The Hall–Kier alpha value is -2.63. The number of benzene rings is 1. The first-order valence-electron chi connectivity index (χ1n) is 9.98. The predicted molar refractivity (Wildman–Crippen MR) is 108 cm³/mol. The standard InChI is InChI=1S/C22H29N3O3/c1-15-14-16(2)25(23-15)20-12-10-18(11-13-20)22(27)28-17(3)21(26)24(4)19-8-6-5-7-9-19/h10-14,17,19H,5-9H2,1-4H3/t17-/m0/s1. The lowest BCUT2D eigenvalue weighted by molar-refractivity contribution is -0.141. The summed E-state index contributed by atoms with van der Waals surface area (Å²) in [5.74, 6) is -0.627. The quantitative estimate of drug-likeness (QED) is 0.736. The highest BCUT2D eigenvalue weighted by molar-refractivity contribution is 5.92. The Morgan fingerprint density at radius 2 is 1.79 bits per heavy atom. The summed E-state index contributed by atoms with van der Waals surface area (Å²) in [6.45, 7) is 5.57. The topological polar surface area (TPSA) is 64.4 Å². The Kier molecular flexibility index (Phi) is 6.17. The fourth-order valence-electron chi connectivity index (χ4n) is 3.84. The first kappa shape index (κ1) is 20.1. The van der Waals surface area contributed by atoms with E-state index in [4.69, 9.17) is 4.74 Å². The fourth-order valence-corrected chi connectivity index (χ4v) is 3.84. The van der Waals surface area contributed by atoms with E-state index < -0.39 is 12.1 Å². The van der Waals surface area contributed by atoms with Crippen LogP contribution in [0.25, 0.3) is 5.69 Å². The van der Waals surface area contributed by atoms with Crippen LogP contribution in [0.4, 0.5) is 0 Å². The number of aryl methyl sites for hydroxylation is 2. The second-order valence-corrected chi connectivity index (χ2v) is 7.67. The molecule has 1 fully saturated rings. The third-order valence-electron chi connectivity index (χ3n) is 5.46. The van der Waals surface area contributed by atoms with E-state index in [1.807, 2.05) is 43.8 Å². The molecule has 0 radical (unpaired) electrons. The summed E-state index contributed by atoms with van der Waals surface area (Å²) < 4.78 is 7.26. The summed E-state index contributed by atoms with van der Waals surface area (Å²) >= 11 is 0. The molecule has 3 rings (SSSR count). The zero-order valence-electron chi connectivity index (χ0n) is 17.1. The van der Waals surface area contributed by atoms with Crippen molar-refractivity contribution in [1.82, 2.24) is 14.7 Å². The molecule has 1 aromatic carbocycles. The average Bonchev–Trinajstić information content (AvgIpc) is 3.05. The zero-order valence-corrected chi connectivity index (χ0v) is 17.1. The Morgan fingerprint density at radius 3 is 2.36 bits per heavy atom. The van der Waals surface area contributed by atoms with Crippen molar-refractivity contribution in [2.24, 2.45) is 0 Å². The van der Waals surface area contributed by atoms with Crippen LogP contribution in [0.5, 0.6) is 0 Å². The molecule has 150 valence electrons. The largest absolute Gasteiger partial charge is 0.449 e. The number of hydrogen-bond donors (Lipinski definition) is 0. The summed E-state index contributed by atoms with van der Waals surface area (Å²) in [4.78, 5) is 26.8. The molecule has 0 aliphatic heterocycles. The van der Waals surface area contributed by atoms with Crippen LogP contribution in [0.3, 0.4) is 0 Å². The van der Waals surface area contributed by atoms with Gasteiger partial charge in [-0.15, -0.1) is 0 Å². The Bertz CT molecular complexity index is 835. The number of esters is 1. The molecule has 0 saturated heterocycles. The molecule has 1 aliphatic carbocycles. The maximum absolute atomic E-state index is 12.6. The number of amides is 1. The van der Waals surface area contributed by atoms with Gasteiger partial charge in [-0.1, -0.05) is 19.3 Å². The minimum Gasteiger partial charge on any atom is -0.449 e. The van der Waals surface area contributed by atoms with Crippen molar-refractivity contribution in [1.29, 1.82) is 0 Å². The summed E-state index contributed by atoms with van der Waals surface area (Å²) in [7, 11) is 1.81. The second kappa shape index (κ2) is 8.59. The van der Waals surface area contributed by atoms with Gasteiger partial charge in [0.2, 0.25) is 0 Å². The van der Waals surface area contributed by atoms with E-state index >= 15 is 0 Å². The second-order valence-electron chi connectivity index (χ2n) is 7.67. The third-order valence-corrected chi connectivity index (χ3v) is 5.46. The first-order valence-corrected chi connectivity index (χ1v) is 9.98. The van der Waals surface area contributed by atoms with E-state index in [9.17, 15) is 9.59 Å². The van der Waals surface area contributed by atoms with Gasteiger partial charge in [-0.05, 0) is 63.9 Å². The molecule has 1 atom stereocenters. The lowest BCUT2D eigenvalue weighted by Crippen LogP contribution is -2.44. The molecule has 28 heavy (non-hydrogen) atoms. The number of nitrogens with zero attached hydrogens (tertiary/aromatic N) is 3. The molecule has 0 bridgehead atoms. The smallest absolute Gasteiger partial charge is 0.338 e. The van der Waals surface area contributed by atoms with Crippen molar-refractivity contribution in [3.8, 4) is 5.69 Å². The fraction of sp³-hybridized carbons (Fsp3) is 0.500. The highest BCUT2D eigenvalue weighted by Crippen LogP contribution is 2.22. The molecule has 6 nitrogen and oxygen atoms in total. The number of ether oxygens (including phenoxy) is 1. The summed E-state index contributed by atoms with van der Waals surface area (Å²) in [5, 5.41) is 4.44. The van der Waals surface area contributed by atoms with Gasteiger partial charge in [-0.3, -0.25) is 4.79 Å². The van der Waals surface area contributed by atoms with Crippen molar-refractivity contribution in [2.75, 3.05) is 7.05 Å². The van der Waals surface area contributed by atoms with Crippen molar-refractivity contribution in [2.45, 2.75) is 65.0 Å². The summed E-state index contributed by atoms with van der Waals surface area (Å²) in [5.41, 5.74) is 3.27. The highest BCUT2D eigenvalue weighted by Gasteiger charge is 2.28. The average molecular weight is 383 g/mol. The van der Waals surface area contributed by atoms with Crippen molar-refractivity contribution in [3.05, 3.63) is 47.3 Å². The van der Waals surface area contributed by atoms with Gasteiger partial charge in [0.1, 0.15) is 0 Å². The van der Waals surface area contributed by atoms with E-state index in [2.05, 4.69) is 5.10 Å². The zero-order chi connectivity index (χ0) is 20.3. The minimum atomic E-state index is -0.796. The van der Waals surface area contributed by atoms with Crippen molar-refractivity contribution in [3.63, 3.8) is 0 Å². The molecule has 1 aliphatic rings. The summed E-state index contributed by atoms with van der Waals surface area (Å²) in [6.07, 6.45) is 4.79. The SMILES string of the molecule is Cc1cc(C)n(-c2ccc(C(=O)O[C@@H](C)C(=O)N(C)C3CCCCC3)cc2)n1. The van der Waals surface area contributed by atoms with Crippen molar-refractivity contribution >= 4 is 11.9 Å². The predicted octanol–water partition coefficient (Wildman–Crippen LogP) is 3.83. The molecule has 2 aromatic rings. The van der Waals surface area contributed by atoms with Gasteiger partial charge in [0.25, 0.3) is 5.91 Å². The lowest BCUT2D eigenvalue weighted by Gasteiger charge is -2.32. The van der Waals surface area contributed by atoms with Gasteiger partial charge >= 0.3 is 5.97 Å². The van der Waals surface area contributed by atoms with Crippen LogP contribution in [-0.4, -0.2) is 45.8 Å². The third kappa shape index (κ3) is 4.43. The summed E-state index contributed by atoms with van der Waals surface area (Å²) in [6, 6.07) is 9.32. The van der Waals surface area contributed by atoms with Crippen molar-refractivity contribution < 1.29 is 14.3 Å². The lowest BCUT2D eigenvalue weighted by atomic mass is 9.94. The van der Waals surface area contributed by atoms with Gasteiger partial charge in [-0.25, -0.2) is 9.48 Å². The molecule has 0 N–H and O–H groups in total. The van der Waals surface area contributed by atoms with Crippen LogP contribution < -0.4 is 0 Å². The number of carbonyl (C=O) groups excluding carboxylic acids is 2. The minimum absolute atomic E-state index is 0.139. The maximum atomic E-state index is 12.6. The van der Waals surface area contributed by atoms with Crippen LogP contribution in [0.2, 0.25) is 0 Å². The number of aromatic nitrogens is 2. The first-order chi connectivity index (χ1) is 13.4. The van der Waals surface area contributed by atoms with Gasteiger partial charge in [0.05, 0.1) is 16.9 Å². The molecular weight excluding hydrogens is 354 g/mol. The number of carbonyl (C=O) groups is 2. The van der Waals surface area contributed by atoms with Crippen LogP contribution in [0.15, 0.2) is 30.3 Å². The Labute approximate surface area is 166 Å². The molecule has 6 heteroatoms.